The van der Waals surface area contributed by atoms with Crippen LogP contribution in [0.2, 0.25) is 0 Å². The number of likely N-dealkylation sites (tertiary alicyclic amines) is 1. The lowest BCUT2D eigenvalue weighted by atomic mass is 9.77. The van der Waals surface area contributed by atoms with Gasteiger partial charge in [0.1, 0.15) is 0 Å². The van der Waals surface area contributed by atoms with Crippen molar-refractivity contribution in [3.63, 3.8) is 0 Å². The van der Waals surface area contributed by atoms with Crippen LogP contribution >= 0.6 is 0 Å². The number of carboxylic acid groups (broad SMARTS) is 1. The SMILES string of the molecule is COc1ccc(C(=O)N2CCC3(CC2)NC(=O)C[C@@H]3C(=O)O)cc1F. The molecular formula is C17H19FN2O5. The molecule has 0 aliphatic carbocycles. The number of carbonyl (C=O) groups excluding carboxylic acids is 2. The minimum atomic E-state index is -1.00. The molecule has 2 heterocycles. The summed E-state index contributed by atoms with van der Waals surface area (Å²) in [6.45, 7) is 0.604. The molecule has 25 heavy (non-hydrogen) atoms. The highest BCUT2D eigenvalue weighted by molar-refractivity contribution is 5.94. The van der Waals surface area contributed by atoms with E-state index in [0.29, 0.717) is 25.9 Å². The van der Waals surface area contributed by atoms with Crippen LogP contribution < -0.4 is 10.1 Å². The fraction of sp³-hybridized carbons (Fsp3) is 0.471. The second-order valence-corrected chi connectivity index (χ2v) is 6.44. The van der Waals surface area contributed by atoms with Crippen molar-refractivity contribution in [2.45, 2.75) is 24.8 Å². The molecule has 2 saturated heterocycles. The van der Waals surface area contributed by atoms with E-state index in [9.17, 15) is 23.9 Å². The Labute approximate surface area is 143 Å². The number of piperidine rings is 1. The molecule has 2 aliphatic heterocycles. The first kappa shape index (κ1) is 17.2. The number of benzene rings is 1. The summed E-state index contributed by atoms with van der Waals surface area (Å²) in [5.74, 6) is -2.94. The topological polar surface area (TPSA) is 95.9 Å². The van der Waals surface area contributed by atoms with E-state index in [1.807, 2.05) is 0 Å². The maximum atomic E-state index is 13.8. The van der Waals surface area contributed by atoms with Crippen LogP contribution in [0, 0.1) is 11.7 Å². The number of amides is 2. The van der Waals surface area contributed by atoms with Gasteiger partial charge in [0.25, 0.3) is 5.91 Å². The molecule has 2 N–H and O–H groups in total. The van der Waals surface area contributed by atoms with Gasteiger partial charge in [0.05, 0.1) is 18.6 Å². The molecule has 134 valence electrons. The zero-order valence-corrected chi connectivity index (χ0v) is 13.8. The number of halogens is 1. The third-order valence-corrected chi connectivity index (χ3v) is 5.08. The molecule has 1 aromatic carbocycles. The number of rotatable bonds is 3. The number of nitrogens with one attached hydrogen (secondary N) is 1. The first-order chi connectivity index (χ1) is 11.9. The van der Waals surface area contributed by atoms with Gasteiger partial charge < -0.3 is 20.1 Å². The molecule has 0 unspecified atom stereocenters. The highest BCUT2D eigenvalue weighted by Crippen LogP contribution is 2.37. The van der Waals surface area contributed by atoms with Crippen molar-refractivity contribution in [1.82, 2.24) is 10.2 Å². The maximum absolute atomic E-state index is 13.8. The predicted molar refractivity (Wildman–Crippen MR) is 84.7 cm³/mol. The Bertz CT molecular complexity index is 728. The van der Waals surface area contributed by atoms with E-state index >= 15 is 0 Å². The van der Waals surface area contributed by atoms with Crippen molar-refractivity contribution < 1.29 is 28.6 Å². The second kappa shape index (κ2) is 6.34. The zero-order valence-electron chi connectivity index (χ0n) is 13.8. The highest BCUT2D eigenvalue weighted by Gasteiger charge is 2.52. The van der Waals surface area contributed by atoms with E-state index in [1.165, 1.54) is 19.2 Å². The van der Waals surface area contributed by atoms with Gasteiger partial charge in [0.2, 0.25) is 5.91 Å². The fourth-order valence-corrected chi connectivity index (χ4v) is 3.68. The van der Waals surface area contributed by atoms with Crippen molar-refractivity contribution in [2.75, 3.05) is 20.2 Å². The average Bonchev–Trinajstić information content (AvgIpc) is 2.91. The molecule has 1 aromatic rings. The monoisotopic (exact) mass is 350 g/mol. The molecule has 0 bridgehead atoms. The lowest BCUT2D eigenvalue weighted by Crippen LogP contribution is -2.56. The summed E-state index contributed by atoms with van der Waals surface area (Å²) in [5.41, 5.74) is -0.593. The van der Waals surface area contributed by atoms with Crippen molar-refractivity contribution in [3.8, 4) is 5.75 Å². The number of carboxylic acids is 1. The van der Waals surface area contributed by atoms with Crippen LogP contribution in [0.1, 0.15) is 29.6 Å². The van der Waals surface area contributed by atoms with Crippen molar-refractivity contribution in [1.29, 1.82) is 0 Å². The van der Waals surface area contributed by atoms with Gasteiger partial charge in [-0.2, -0.15) is 0 Å². The minimum absolute atomic E-state index is 0.0348. The molecule has 1 atom stereocenters. The number of hydrogen-bond donors (Lipinski definition) is 2. The summed E-state index contributed by atoms with van der Waals surface area (Å²) in [6.07, 6.45) is 0.688. The Morgan fingerprint density at radius 3 is 2.60 bits per heavy atom. The van der Waals surface area contributed by atoms with Gasteiger partial charge in [-0.3, -0.25) is 14.4 Å². The Hall–Kier alpha value is -2.64. The Morgan fingerprint density at radius 2 is 2.04 bits per heavy atom. The number of ether oxygens (including phenoxy) is 1. The molecular weight excluding hydrogens is 331 g/mol. The number of hydrogen-bond acceptors (Lipinski definition) is 4. The van der Waals surface area contributed by atoms with Crippen molar-refractivity contribution in [3.05, 3.63) is 29.6 Å². The van der Waals surface area contributed by atoms with Crippen molar-refractivity contribution >= 4 is 17.8 Å². The van der Waals surface area contributed by atoms with E-state index in [4.69, 9.17) is 4.74 Å². The largest absolute Gasteiger partial charge is 0.494 e. The molecule has 0 saturated carbocycles. The maximum Gasteiger partial charge on any atom is 0.309 e. The molecule has 2 fully saturated rings. The van der Waals surface area contributed by atoms with Gasteiger partial charge in [-0.1, -0.05) is 0 Å². The Morgan fingerprint density at radius 1 is 1.36 bits per heavy atom. The van der Waals surface area contributed by atoms with E-state index in [1.54, 1.807) is 4.90 Å². The Kier molecular flexibility index (Phi) is 4.36. The molecule has 1 spiro atoms. The summed E-state index contributed by atoms with van der Waals surface area (Å²) in [5, 5.41) is 12.1. The van der Waals surface area contributed by atoms with E-state index < -0.39 is 23.2 Å². The second-order valence-electron chi connectivity index (χ2n) is 6.44. The summed E-state index contributed by atoms with van der Waals surface area (Å²) in [7, 11) is 1.35. The molecule has 2 aliphatic rings. The van der Waals surface area contributed by atoms with Crippen LogP contribution in [0.3, 0.4) is 0 Å². The fourth-order valence-electron chi connectivity index (χ4n) is 3.68. The molecule has 7 nitrogen and oxygen atoms in total. The van der Waals surface area contributed by atoms with Crippen LogP contribution in [0.5, 0.6) is 5.75 Å². The Balaban J connectivity index is 1.72. The normalized spacial score (nSPS) is 21.9. The predicted octanol–water partition coefficient (Wildman–Crippen LogP) is 1.03. The van der Waals surface area contributed by atoms with Crippen LogP contribution in [-0.2, 0) is 9.59 Å². The molecule has 3 rings (SSSR count). The molecule has 0 aromatic heterocycles. The van der Waals surface area contributed by atoms with Gasteiger partial charge >= 0.3 is 5.97 Å². The third-order valence-electron chi connectivity index (χ3n) is 5.08. The molecule has 8 heteroatoms. The van der Waals surface area contributed by atoms with Gasteiger partial charge in [-0.15, -0.1) is 0 Å². The van der Waals surface area contributed by atoms with Gasteiger partial charge in [0, 0.05) is 25.1 Å². The zero-order chi connectivity index (χ0) is 18.2. The lowest BCUT2D eigenvalue weighted by Gasteiger charge is -2.41. The van der Waals surface area contributed by atoms with E-state index in [0.717, 1.165) is 6.07 Å². The van der Waals surface area contributed by atoms with Crippen LogP contribution in [-0.4, -0.2) is 53.5 Å². The lowest BCUT2D eigenvalue weighted by molar-refractivity contribution is -0.144. The number of methoxy groups -OCH3 is 1. The summed E-state index contributed by atoms with van der Waals surface area (Å²) in [4.78, 5) is 37.2. The summed E-state index contributed by atoms with van der Waals surface area (Å²) < 4.78 is 18.6. The first-order valence-electron chi connectivity index (χ1n) is 8.03. The quantitative estimate of drug-likeness (QED) is 0.849. The highest BCUT2D eigenvalue weighted by atomic mass is 19.1. The molecule has 2 amide bonds. The van der Waals surface area contributed by atoms with Gasteiger partial charge in [-0.05, 0) is 31.0 Å². The standard InChI is InChI=1S/C17H19FN2O5/c1-25-13-3-2-10(8-12(13)18)15(22)20-6-4-17(5-7-20)11(16(23)24)9-14(21)19-17/h2-3,8,11H,4-7,9H2,1H3,(H,19,21)(H,23,24)/t11-/m1/s1. The average molecular weight is 350 g/mol. The number of nitrogens with zero attached hydrogens (tertiary/aromatic N) is 1. The van der Waals surface area contributed by atoms with Crippen molar-refractivity contribution in [2.24, 2.45) is 5.92 Å². The first-order valence-corrected chi connectivity index (χ1v) is 8.03. The minimum Gasteiger partial charge on any atom is -0.494 e. The smallest absolute Gasteiger partial charge is 0.309 e. The number of carbonyl (C=O) groups is 3. The van der Waals surface area contributed by atoms with Gasteiger partial charge in [0.15, 0.2) is 11.6 Å². The molecule has 0 radical (unpaired) electrons. The van der Waals surface area contributed by atoms with Crippen LogP contribution in [0.15, 0.2) is 18.2 Å². The summed E-state index contributed by atoms with van der Waals surface area (Å²) >= 11 is 0. The van der Waals surface area contributed by atoms with E-state index in [2.05, 4.69) is 5.32 Å². The summed E-state index contributed by atoms with van der Waals surface area (Å²) in [6, 6.07) is 4.01. The van der Waals surface area contributed by atoms with Crippen LogP contribution in [0.4, 0.5) is 4.39 Å². The van der Waals surface area contributed by atoms with Crippen LogP contribution in [0.25, 0.3) is 0 Å². The number of aliphatic carboxylic acids is 1. The van der Waals surface area contributed by atoms with E-state index in [-0.39, 0.29) is 29.5 Å². The third kappa shape index (κ3) is 3.04. The van der Waals surface area contributed by atoms with Gasteiger partial charge in [-0.25, -0.2) is 4.39 Å².